The van der Waals surface area contributed by atoms with Crippen molar-refractivity contribution in [1.29, 1.82) is 0 Å². The molecule has 28 heavy (non-hydrogen) atoms. The first-order valence-corrected chi connectivity index (χ1v) is 11.0. The van der Waals surface area contributed by atoms with E-state index in [2.05, 4.69) is 33.9 Å². The maximum absolute atomic E-state index is 13.1. The molecule has 2 aromatic carbocycles. The third-order valence-electron chi connectivity index (χ3n) is 5.56. The molecule has 0 radical (unpaired) electrons. The van der Waals surface area contributed by atoms with Gasteiger partial charge in [0.1, 0.15) is 0 Å². The molecule has 1 atom stereocenters. The minimum absolute atomic E-state index is 0.398. The Bertz CT molecular complexity index is 1010. The van der Waals surface area contributed by atoms with Gasteiger partial charge in [0, 0.05) is 30.8 Å². The Morgan fingerprint density at radius 3 is 2.79 bits per heavy atom. The van der Waals surface area contributed by atoms with Crippen molar-refractivity contribution in [1.82, 2.24) is 9.97 Å². The van der Waals surface area contributed by atoms with Crippen molar-refractivity contribution >= 4 is 27.5 Å². The predicted molar refractivity (Wildman–Crippen MR) is 109 cm³/mol. The van der Waals surface area contributed by atoms with E-state index in [9.17, 15) is 4.21 Å². The van der Waals surface area contributed by atoms with Crippen LogP contribution in [-0.2, 0) is 31.8 Å². The molecule has 1 saturated heterocycles. The molecular weight excluding hydrogens is 374 g/mol. The molecule has 1 fully saturated rings. The van der Waals surface area contributed by atoms with Crippen LogP contribution in [0, 0.1) is 0 Å². The van der Waals surface area contributed by atoms with E-state index in [4.69, 9.17) is 9.47 Å². The molecule has 2 aliphatic rings. The Kier molecular flexibility index (Phi) is 4.45. The van der Waals surface area contributed by atoms with Gasteiger partial charge in [0.05, 0.1) is 40.8 Å². The number of H-pyrrole nitrogens is 1. The van der Waals surface area contributed by atoms with Crippen LogP contribution in [0.5, 0.6) is 0 Å². The van der Waals surface area contributed by atoms with Crippen LogP contribution in [0.15, 0.2) is 47.6 Å². The molecule has 0 aliphatic carbocycles. The smallest absolute Gasteiger partial charge is 0.198 e. The summed E-state index contributed by atoms with van der Waals surface area (Å²) in [4.78, 5) is 10.0. The highest BCUT2D eigenvalue weighted by Crippen LogP contribution is 2.45. The zero-order valence-electron chi connectivity index (χ0n) is 15.8. The molecule has 7 heteroatoms. The van der Waals surface area contributed by atoms with Crippen molar-refractivity contribution in [2.24, 2.45) is 0 Å². The topological polar surface area (TPSA) is 67.5 Å². The van der Waals surface area contributed by atoms with E-state index in [0.717, 1.165) is 47.4 Å². The predicted octanol–water partition coefficient (Wildman–Crippen LogP) is 3.30. The third kappa shape index (κ3) is 2.85. The van der Waals surface area contributed by atoms with Crippen molar-refractivity contribution in [2.45, 2.75) is 30.0 Å². The van der Waals surface area contributed by atoms with Crippen molar-refractivity contribution in [3.05, 3.63) is 53.6 Å². The molecule has 1 aromatic heterocycles. The van der Waals surface area contributed by atoms with Crippen LogP contribution < -0.4 is 4.90 Å². The summed E-state index contributed by atoms with van der Waals surface area (Å²) in [6, 6.07) is 13.9. The summed E-state index contributed by atoms with van der Waals surface area (Å²) in [5, 5.41) is 0.515. The van der Waals surface area contributed by atoms with Gasteiger partial charge in [-0.3, -0.25) is 4.21 Å². The molecule has 1 unspecified atom stereocenters. The van der Waals surface area contributed by atoms with Crippen molar-refractivity contribution in [3.8, 4) is 0 Å². The van der Waals surface area contributed by atoms with Gasteiger partial charge in [0.2, 0.25) is 0 Å². The number of imidazole rings is 1. The summed E-state index contributed by atoms with van der Waals surface area (Å²) in [5.74, 6) is -0.257. The van der Waals surface area contributed by atoms with Gasteiger partial charge in [0.15, 0.2) is 10.9 Å². The Labute approximate surface area is 166 Å². The number of ether oxygens (including phenoxy) is 2. The molecule has 5 rings (SSSR count). The van der Waals surface area contributed by atoms with Gasteiger partial charge in [-0.15, -0.1) is 0 Å². The van der Waals surface area contributed by atoms with Gasteiger partial charge in [-0.2, -0.15) is 0 Å². The number of rotatable bonds is 4. The maximum Gasteiger partial charge on any atom is 0.198 e. The Morgan fingerprint density at radius 1 is 1.18 bits per heavy atom. The first-order chi connectivity index (χ1) is 13.7. The maximum atomic E-state index is 13.1. The number of anilines is 1. The number of hydrogen-bond donors (Lipinski definition) is 1. The molecular formula is C21H23N3O3S. The third-order valence-corrected chi connectivity index (χ3v) is 6.76. The fraction of sp³-hybridized carbons (Fsp3) is 0.381. The number of para-hydroxylation sites is 3. The highest BCUT2D eigenvalue weighted by Gasteiger charge is 2.44. The second-order valence-electron chi connectivity index (χ2n) is 7.14. The molecule has 2 aliphatic heterocycles. The van der Waals surface area contributed by atoms with E-state index in [0.29, 0.717) is 24.1 Å². The van der Waals surface area contributed by atoms with E-state index in [1.54, 1.807) is 0 Å². The molecule has 1 N–H and O–H groups in total. The lowest BCUT2D eigenvalue weighted by Gasteiger charge is -2.41. The highest BCUT2D eigenvalue weighted by atomic mass is 32.2. The monoisotopic (exact) mass is 397 g/mol. The quantitative estimate of drug-likeness (QED) is 0.732. The van der Waals surface area contributed by atoms with Gasteiger partial charge in [-0.05, 0) is 24.6 Å². The Balaban J connectivity index is 1.52. The van der Waals surface area contributed by atoms with Crippen LogP contribution in [0.2, 0.25) is 0 Å². The Hall–Kier alpha value is -2.22. The van der Waals surface area contributed by atoms with Crippen LogP contribution in [0.25, 0.3) is 11.0 Å². The van der Waals surface area contributed by atoms with Crippen molar-refractivity contribution in [2.75, 3.05) is 31.2 Å². The normalized spacial score (nSPS) is 19.2. The molecule has 0 saturated carbocycles. The first kappa shape index (κ1) is 17.8. The second kappa shape index (κ2) is 6.99. The lowest BCUT2D eigenvalue weighted by Crippen LogP contribution is -2.41. The number of aromatic nitrogens is 2. The summed E-state index contributed by atoms with van der Waals surface area (Å²) >= 11 is 0. The van der Waals surface area contributed by atoms with Gasteiger partial charge in [0.25, 0.3) is 0 Å². The van der Waals surface area contributed by atoms with Gasteiger partial charge < -0.3 is 19.4 Å². The summed E-state index contributed by atoms with van der Waals surface area (Å²) in [5.41, 5.74) is 4.93. The molecule has 3 heterocycles. The minimum atomic E-state index is -1.27. The summed E-state index contributed by atoms with van der Waals surface area (Å²) in [6.45, 7) is 5.11. The molecule has 1 spiro atoms. The van der Waals surface area contributed by atoms with Crippen LogP contribution in [-0.4, -0.2) is 40.5 Å². The van der Waals surface area contributed by atoms with Gasteiger partial charge >= 0.3 is 0 Å². The first-order valence-electron chi connectivity index (χ1n) is 9.68. The fourth-order valence-corrected chi connectivity index (χ4v) is 5.31. The number of fused-ring (bicyclic) bond motifs is 3. The molecule has 3 aromatic rings. The SMILES string of the molecule is CCN1CCC2(OCCO2)c2cccc(CS(=O)c3nc4ccccc4[nH]3)c21. The zero-order chi connectivity index (χ0) is 19.1. The average molecular weight is 398 g/mol. The molecule has 0 bridgehead atoms. The summed E-state index contributed by atoms with van der Waals surface area (Å²) < 4.78 is 25.2. The van der Waals surface area contributed by atoms with Crippen LogP contribution in [0.3, 0.4) is 0 Å². The standard InChI is InChI=1S/C21H23N3O3S/c1-2-24-11-10-21(26-12-13-27-21)16-7-5-6-15(19(16)24)14-28(25)20-22-17-8-3-4-9-18(17)23-20/h3-9H,2,10-14H2,1H3,(H,22,23). The highest BCUT2D eigenvalue weighted by molar-refractivity contribution is 7.84. The molecule has 0 amide bonds. The molecule has 6 nitrogen and oxygen atoms in total. The van der Waals surface area contributed by atoms with E-state index in [1.165, 1.54) is 0 Å². The van der Waals surface area contributed by atoms with Gasteiger partial charge in [-0.1, -0.05) is 30.3 Å². The number of hydrogen-bond acceptors (Lipinski definition) is 5. The minimum Gasteiger partial charge on any atom is -0.371 e. The van der Waals surface area contributed by atoms with Crippen LogP contribution >= 0.6 is 0 Å². The van der Waals surface area contributed by atoms with Crippen LogP contribution in [0.1, 0.15) is 24.5 Å². The lowest BCUT2D eigenvalue weighted by atomic mass is 9.92. The van der Waals surface area contributed by atoms with E-state index in [1.807, 2.05) is 30.3 Å². The zero-order valence-corrected chi connectivity index (χ0v) is 16.6. The van der Waals surface area contributed by atoms with Gasteiger partial charge in [-0.25, -0.2) is 4.98 Å². The number of nitrogens with zero attached hydrogens (tertiary/aromatic N) is 2. The fourth-order valence-electron chi connectivity index (χ4n) is 4.23. The number of aromatic amines is 1. The molecule has 146 valence electrons. The number of benzene rings is 2. The van der Waals surface area contributed by atoms with Crippen LogP contribution in [0.4, 0.5) is 5.69 Å². The van der Waals surface area contributed by atoms with Crippen molar-refractivity contribution in [3.63, 3.8) is 0 Å². The summed E-state index contributed by atoms with van der Waals surface area (Å²) in [7, 11) is -1.27. The average Bonchev–Trinajstić information content (AvgIpc) is 3.36. The van der Waals surface area contributed by atoms with E-state index in [-0.39, 0.29) is 0 Å². The lowest BCUT2D eigenvalue weighted by molar-refractivity contribution is -0.171. The Morgan fingerprint density at radius 2 is 2.00 bits per heavy atom. The second-order valence-corrected chi connectivity index (χ2v) is 8.51. The van der Waals surface area contributed by atoms with E-state index < -0.39 is 16.6 Å². The van der Waals surface area contributed by atoms with Crippen molar-refractivity contribution < 1.29 is 13.7 Å². The summed E-state index contributed by atoms with van der Waals surface area (Å²) in [6.07, 6.45) is 0.809. The van der Waals surface area contributed by atoms with E-state index >= 15 is 0 Å². The number of nitrogens with one attached hydrogen (secondary N) is 1. The largest absolute Gasteiger partial charge is 0.371 e.